The van der Waals surface area contributed by atoms with E-state index < -0.39 is 0 Å². The summed E-state index contributed by atoms with van der Waals surface area (Å²) in [7, 11) is 0. The van der Waals surface area contributed by atoms with Gasteiger partial charge in [-0.05, 0) is 83.2 Å². The Morgan fingerprint density at radius 1 is 0.964 bits per heavy atom. The minimum atomic E-state index is -0.276. The van der Waals surface area contributed by atoms with Crippen molar-refractivity contribution in [3.8, 4) is 0 Å². The third kappa shape index (κ3) is 5.34. The molecule has 1 aromatic carbocycles. The number of carbonyl (C=O) groups excluding carboxylic acids is 2. The monoisotopic (exact) mass is 385 g/mol. The number of nitrogens with zero attached hydrogens (tertiary/aromatic N) is 2. The number of hydrogen-bond donors (Lipinski definition) is 1. The van der Waals surface area contributed by atoms with E-state index in [1.807, 2.05) is 25.7 Å². The fourth-order valence-electron chi connectivity index (χ4n) is 4.35. The molecule has 0 aliphatic carbocycles. The van der Waals surface area contributed by atoms with E-state index in [4.69, 9.17) is 0 Å². The molecule has 2 aliphatic heterocycles. The molecule has 2 heterocycles. The van der Waals surface area contributed by atoms with Crippen molar-refractivity contribution in [1.82, 2.24) is 15.1 Å². The topological polar surface area (TPSA) is 52.7 Å². The number of likely N-dealkylation sites (tertiary alicyclic amines) is 2. The predicted octanol–water partition coefficient (Wildman–Crippen LogP) is 3.55. The molecule has 0 aromatic heterocycles. The van der Waals surface area contributed by atoms with Gasteiger partial charge in [0, 0.05) is 42.3 Å². The highest BCUT2D eigenvalue weighted by Crippen LogP contribution is 2.24. The molecule has 154 valence electrons. The van der Waals surface area contributed by atoms with E-state index in [1.165, 1.54) is 25.9 Å². The maximum absolute atomic E-state index is 12.9. The Labute approximate surface area is 169 Å². The molecule has 2 fully saturated rings. The Kier molecular flexibility index (Phi) is 6.43. The first-order valence-corrected chi connectivity index (χ1v) is 10.7. The lowest BCUT2D eigenvalue weighted by molar-refractivity contribution is 0.0541. The third-order valence-corrected chi connectivity index (χ3v) is 5.84. The number of piperidine rings is 2. The van der Waals surface area contributed by atoms with Crippen LogP contribution in [0.1, 0.15) is 74.1 Å². The molecule has 2 aliphatic rings. The van der Waals surface area contributed by atoms with Crippen LogP contribution < -0.4 is 5.32 Å². The van der Waals surface area contributed by atoms with Gasteiger partial charge in [-0.15, -0.1) is 0 Å². The predicted molar refractivity (Wildman–Crippen MR) is 113 cm³/mol. The summed E-state index contributed by atoms with van der Waals surface area (Å²) in [5.41, 5.74) is 0.976. The van der Waals surface area contributed by atoms with E-state index in [0.717, 1.165) is 31.8 Å². The van der Waals surface area contributed by atoms with Crippen LogP contribution in [0.15, 0.2) is 24.3 Å². The molecule has 5 nitrogen and oxygen atoms in total. The van der Waals surface area contributed by atoms with Crippen LogP contribution in [0.5, 0.6) is 0 Å². The Bertz CT molecular complexity index is 685. The zero-order valence-corrected chi connectivity index (χ0v) is 17.8. The number of hydrogen-bond acceptors (Lipinski definition) is 3. The summed E-state index contributed by atoms with van der Waals surface area (Å²) in [5.74, 6) is 0.763. The molecule has 1 N–H and O–H groups in total. The molecule has 28 heavy (non-hydrogen) atoms. The average molecular weight is 386 g/mol. The molecule has 1 atom stereocenters. The largest absolute Gasteiger partial charge is 0.347 e. The van der Waals surface area contributed by atoms with Gasteiger partial charge in [-0.3, -0.25) is 14.5 Å². The van der Waals surface area contributed by atoms with Gasteiger partial charge in [0.1, 0.15) is 0 Å². The van der Waals surface area contributed by atoms with Gasteiger partial charge >= 0.3 is 0 Å². The SMILES string of the molecule is CC1CCCN(C2CCN(C(=O)c3ccc(C(=O)NC(C)(C)C)cc3)CC2)C1. The normalized spacial score (nSPS) is 22.1. The van der Waals surface area contributed by atoms with Crippen LogP contribution in [-0.4, -0.2) is 59.4 Å². The number of rotatable bonds is 3. The van der Waals surface area contributed by atoms with E-state index in [2.05, 4.69) is 17.1 Å². The average Bonchev–Trinajstić information content (AvgIpc) is 2.66. The Morgan fingerprint density at radius 3 is 2.14 bits per heavy atom. The number of benzene rings is 1. The molecular formula is C23H35N3O2. The fourth-order valence-corrected chi connectivity index (χ4v) is 4.35. The van der Waals surface area contributed by atoms with Crippen molar-refractivity contribution in [2.24, 2.45) is 5.92 Å². The first-order chi connectivity index (χ1) is 13.2. The molecular weight excluding hydrogens is 350 g/mol. The number of nitrogens with one attached hydrogen (secondary N) is 1. The van der Waals surface area contributed by atoms with Crippen molar-refractivity contribution < 1.29 is 9.59 Å². The molecule has 0 saturated carbocycles. The van der Waals surface area contributed by atoms with Crippen molar-refractivity contribution >= 4 is 11.8 Å². The zero-order valence-electron chi connectivity index (χ0n) is 17.8. The van der Waals surface area contributed by atoms with Crippen LogP contribution >= 0.6 is 0 Å². The standard InChI is InChI=1S/C23H35N3O2/c1-17-6-5-13-26(16-17)20-11-14-25(15-12-20)22(28)19-9-7-18(8-10-19)21(27)24-23(2,3)4/h7-10,17,20H,5-6,11-16H2,1-4H3,(H,24,27). The van der Waals surface area contributed by atoms with Gasteiger partial charge in [-0.25, -0.2) is 0 Å². The van der Waals surface area contributed by atoms with E-state index in [0.29, 0.717) is 17.2 Å². The second-order valence-electron chi connectivity index (χ2n) is 9.55. The van der Waals surface area contributed by atoms with Crippen LogP contribution in [0.25, 0.3) is 0 Å². The molecule has 2 saturated heterocycles. The van der Waals surface area contributed by atoms with E-state index in [9.17, 15) is 9.59 Å². The van der Waals surface area contributed by atoms with Crippen molar-refractivity contribution in [3.05, 3.63) is 35.4 Å². The lowest BCUT2D eigenvalue weighted by Gasteiger charge is -2.41. The van der Waals surface area contributed by atoms with Crippen LogP contribution in [-0.2, 0) is 0 Å². The Balaban J connectivity index is 1.54. The van der Waals surface area contributed by atoms with Gasteiger partial charge in [-0.2, -0.15) is 0 Å². The third-order valence-electron chi connectivity index (χ3n) is 5.84. The minimum Gasteiger partial charge on any atom is -0.347 e. The van der Waals surface area contributed by atoms with Gasteiger partial charge in [0.25, 0.3) is 11.8 Å². The van der Waals surface area contributed by atoms with Gasteiger partial charge in [0.05, 0.1) is 0 Å². The van der Waals surface area contributed by atoms with Crippen LogP contribution in [0.4, 0.5) is 0 Å². The lowest BCUT2D eigenvalue weighted by atomic mass is 9.95. The first kappa shape index (κ1) is 20.8. The summed E-state index contributed by atoms with van der Waals surface area (Å²) in [6.45, 7) is 12.3. The molecule has 0 spiro atoms. The lowest BCUT2D eigenvalue weighted by Crippen LogP contribution is -2.49. The quantitative estimate of drug-likeness (QED) is 0.866. The summed E-state index contributed by atoms with van der Waals surface area (Å²) in [6.07, 6.45) is 4.77. The molecule has 1 aromatic rings. The summed E-state index contributed by atoms with van der Waals surface area (Å²) in [4.78, 5) is 29.7. The molecule has 3 rings (SSSR count). The van der Waals surface area contributed by atoms with Gasteiger partial charge in [0.15, 0.2) is 0 Å². The second kappa shape index (κ2) is 8.64. The van der Waals surface area contributed by atoms with Gasteiger partial charge in [0.2, 0.25) is 0 Å². The fraction of sp³-hybridized carbons (Fsp3) is 0.652. The molecule has 0 radical (unpaired) electrons. The van der Waals surface area contributed by atoms with Crippen LogP contribution in [0.2, 0.25) is 0 Å². The van der Waals surface area contributed by atoms with Crippen LogP contribution in [0.3, 0.4) is 0 Å². The Morgan fingerprint density at radius 2 is 1.57 bits per heavy atom. The summed E-state index contributed by atoms with van der Waals surface area (Å²) in [6, 6.07) is 7.67. The van der Waals surface area contributed by atoms with E-state index in [1.54, 1.807) is 24.3 Å². The summed E-state index contributed by atoms with van der Waals surface area (Å²) >= 11 is 0. The zero-order chi connectivity index (χ0) is 20.3. The van der Waals surface area contributed by atoms with Crippen molar-refractivity contribution in [1.29, 1.82) is 0 Å². The van der Waals surface area contributed by atoms with Gasteiger partial charge in [-0.1, -0.05) is 6.92 Å². The van der Waals surface area contributed by atoms with Crippen molar-refractivity contribution in [3.63, 3.8) is 0 Å². The first-order valence-electron chi connectivity index (χ1n) is 10.7. The molecule has 5 heteroatoms. The minimum absolute atomic E-state index is 0.0771. The number of amides is 2. The molecule has 1 unspecified atom stereocenters. The molecule has 0 bridgehead atoms. The highest BCUT2D eigenvalue weighted by Gasteiger charge is 2.29. The molecule has 2 amide bonds. The van der Waals surface area contributed by atoms with Gasteiger partial charge < -0.3 is 10.2 Å². The van der Waals surface area contributed by atoms with Crippen LogP contribution in [0, 0.1) is 5.92 Å². The maximum atomic E-state index is 12.9. The highest BCUT2D eigenvalue weighted by molar-refractivity contribution is 5.98. The van der Waals surface area contributed by atoms with Crippen molar-refractivity contribution in [2.45, 2.75) is 65.0 Å². The summed E-state index contributed by atoms with van der Waals surface area (Å²) in [5, 5.41) is 2.95. The van der Waals surface area contributed by atoms with E-state index >= 15 is 0 Å². The second-order valence-corrected chi connectivity index (χ2v) is 9.55. The summed E-state index contributed by atoms with van der Waals surface area (Å²) < 4.78 is 0. The highest BCUT2D eigenvalue weighted by atomic mass is 16.2. The smallest absolute Gasteiger partial charge is 0.253 e. The van der Waals surface area contributed by atoms with E-state index in [-0.39, 0.29) is 17.4 Å². The van der Waals surface area contributed by atoms with Crippen molar-refractivity contribution in [2.75, 3.05) is 26.2 Å². The maximum Gasteiger partial charge on any atom is 0.253 e. The Hall–Kier alpha value is -1.88. The number of carbonyl (C=O) groups is 2.